The van der Waals surface area contributed by atoms with E-state index in [0.29, 0.717) is 16.6 Å². The third-order valence-corrected chi connectivity index (χ3v) is 7.02. The van der Waals surface area contributed by atoms with Crippen LogP contribution in [0.25, 0.3) is 22.0 Å². The first-order valence-electron chi connectivity index (χ1n) is 11.3. The van der Waals surface area contributed by atoms with E-state index in [4.69, 9.17) is 25.7 Å². The van der Waals surface area contributed by atoms with Crippen molar-refractivity contribution in [1.82, 2.24) is 14.5 Å². The van der Waals surface area contributed by atoms with Crippen molar-refractivity contribution in [3.63, 3.8) is 0 Å². The lowest BCUT2D eigenvalue weighted by Crippen LogP contribution is -2.43. The van der Waals surface area contributed by atoms with Crippen LogP contribution < -0.4 is 15.3 Å². The number of anilines is 1. The fourth-order valence-corrected chi connectivity index (χ4v) is 5.12. The monoisotopic (exact) mass is 466 g/mol. The lowest BCUT2D eigenvalue weighted by Gasteiger charge is -2.39. The van der Waals surface area contributed by atoms with E-state index in [1.54, 1.807) is 20.2 Å². The third kappa shape index (κ3) is 3.74. The minimum absolute atomic E-state index is 0.198. The number of methoxy groups -OCH3 is 1. The number of ether oxygens (including phenoxy) is 1. The number of hydrogen-bond donors (Lipinski definition) is 0. The molecule has 1 aliphatic heterocycles. The normalized spacial score (nSPS) is 18.9. The number of oxazole rings is 1. The Kier molecular flexibility index (Phi) is 5.52. The first-order chi connectivity index (χ1) is 15.9. The van der Waals surface area contributed by atoms with Gasteiger partial charge in [-0.05, 0) is 49.9 Å². The second-order valence-corrected chi connectivity index (χ2v) is 9.19. The largest absolute Gasteiger partial charge is 0.495 e. The van der Waals surface area contributed by atoms with Gasteiger partial charge in [-0.25, -0.2) is 9.78 Å². The number of aromatic nitrogens is 3. The molecule has 2 aromatic carbocycles. The van der Waals surface area contributed by atoms with Crippen LogP contribution in [0.4, 0.5) is 5.82 Å². The highest BCUT2D eigenvalue weighted by molar-refractivity contribution is 6.33. The van der Waals surface area contributed by atoms with Gasteiger partial charge in [0.1, 0.15) is 17.1 Å². The van der Waals surface area contributed by atoms with Crippen molar-refractivity contribution >= 4 is 39.4 Å². The molecule has 1 fully saturated rings. The van der Waals surface area contributed by atoms with Gasteiger partial charge in [-0.1, -0.05) is 24.6 Å². The van der Waals surface area contributed by atoms with E-state index in [1.807, 2.05) is 18.2 Å². The molecule has 0 saturated carbocycles. The molecule has 0 amide bonds. The van der Waals surface area contributed by atoms with Gasteiger partial charge in [-0.3, -0.25) is 4.57 Å². The van der Waals surface area contributed by atoms with E-state index in [2.05, 4.69) is 29.8 Å². The van der Waals surface area contributed by atoms with E-state index in [9.17, 15) is 4.79 Å². The highest BCUT2D eigenvalue weighted by atomic mass is 35.5. The van der Waals surface area contributed by atoms with Crippen molar-refractivity contribution in [2.24, 2.45) is 7.05 Å². The van der Waals surface area contributed by atoms with Crippen LogP contribution >= 0.6 is 11.6 Å². The average Bonchev–Trinajstić information content (AvgIpc) is 3.24. The number of aryl methyl sites for hydroxylation is 2. The zero-order valence-corrected chi connectivity index (χ0v) is 20.0. The number of benzene rings is 2. The smallest absolute Gasteiger partial charge is 0.349 e. The summed E-state index contributed by atoms with van der Waals surface area (Å²) >= 11 is 6.45. The van der Waals surface area contributed by atoms with Gasteiger partial charge in [-0.15, -0.1) is 0 Å². The van der Waals surface area contributed by atoms with Crippen LogP contribution in [0.1, 0.15) is 43.6 Å². The molecule has 0 aliphatic carbocycles. The van der Waals surface area contributed by atoms with Gasteiger partial charge in [0.25, 0.3) is 0 Å². The molecule has 33 heavy (non-hydrogen) atoms. The number of piperidine rings is 1. The Balaban J connectivity index is 1.52. The second kappa shape index (κ2) is 8.37. The highest BCUT2D eigenvalue weighted by Crippen LogP contribution is 2.39. The molecular weight excluding hydrogens is 440 g/mol. The maximum absolute atomic E-state index is 12.7. The van der Waals surface area contributed by atoms with Gasteiger partial charge in [0.15, 0.2) is 11.5 Å². The minimum Gasteiger partial charge on any atom is -0.495 e. The second-order valence-electron chi connectivity index (χ2n) is 8.78. The van der Waals surface area contributed by atoms with Crippen molar-refractivity contribution in [2.75, 3.05) is 18.6 Å². The lowest BCUT2D eigenvalue weighted by molar-refractivity contribution is 0.351. The summed E-state index contributed by atoms with van der Waals surface area (Å²) in [5, 5.41) is 1.34. The molecule has 3 heterocycles. The van der Waals surface area contributed by atoms with Crippen molar-refractivity contribution in [2.45, 2.75) is 45.1 Å². The lowest BCUT2D eigenvalue weighted by atomic mass is 9.89. The Labute approximate surface area is 196 Å². The minimum atomic E-state index is -0.298. The van der Waals surface area contributed by atoms with Crippen LogP contribution in [0.3, 0.4) is 0 Å². The van der Waals surface area contributed by atoms with Crippen LogP contribution in [0, 0.1) is 6.92 Å². The Morgan fingerprint density at radius 1 is 1.24 bits per heavy atom. The summed E-state index contributed by atoms with van der Waals surface area (Å²) in [5.74, 6) is 2.23. The first-order valence-corrected chi connectivity index (χ1v) is 11.7. The van der Waals surface area contributed by atoms with Crippen LogP contribution in [0.2, 0.25) is 5.02 Å². The summed E-state index contributed by atoms with van der Waals surface area (Å²) in [4.78, 5) is 24.2. The summed E-state index contributed by atoms with van der Waals surface area (Å²) in [5.41, 5.74) is 3.35. The summed E-state index contributed by atoms with van der Waals surface area (Å²) in [6.45, 7) is 4.97. The molecule has 5 rings (SSSR count). The van der Waals surface area contributed by atoms with E-state index in [-0.39, 0.29) is 17.6 Å². The molecule has 0 radical (unpaired) electrons. The Bertz CT molecular complexity index is 1410. The summed E-state index contributed by atoms with van der Waals surface area (Å²) in [6.07, 6.45) is 2.66. The molecule has 7 nitrogen and oxygen atoms in total. The third-order valence-electron chi connectivity index (χ3n) is 6.73. The summed E-state index contributed by atoms with van der Waals surface area (Å²) in [7, 11) is 3.28. The predicted molar refractivity (Wildman–Crippen MR) is 131 cm³/mol. The van der Waals surface area contributed by atoms with Crippen LogP contribution in [0.15, 0.2) is 39.5 Å². The molecule has 172 valence electrons. The number of halogens is 1. The summed E-state index contributed by atoms with van der Waals surface area (Å²) in [6, 6.07) is 9.94. The molecule has 0 N–H and O–H groups in total. The number of hydrogen-bond acceptors (Lipinski definition) is 6. The van der Waals surface area contributed by atoms with E-state index in [0.717, 1.165) is 53.7 Å². The average molecular weight is 467 g/mol. The molecule has 1 saturated heterocycles. The molecule has 8 heteroatoms. The molecule has 4 aromatic rings. The van der Waals surface area contributed by atoms with Crippen molar-refractivity contribution in [1.29, 1.82) is 0 Å². The van der Waals surface area contributed by atoms with E-state index in [1.165, 1.54) is 10.1 Å². The first kappa shape index (κ1) is 21.8. The van der Waals surface area contributed by atoms with Crippen LogP contribution in [0.5, 0.6) is 5.75 Å². The predicted octanol–water partition coefficient (Wildman–Crippen LogP) is 5.21. The quantitative estimate of drug-likeness (QED) is 0.411. The van der Waals surface area contributed by atoms with Gasteiger partial charge < -0.3 is 14.1 Å². The molecule has 2 unspecified atom stereocenters. The molecule has 0 bridgehead atoms. The van der Waals surface area contributed by atoms with Gasteiger partial charge >= 0.3 is 5.69 Å². The number of fused-ring (bicyclic) bond motifs is 2. The molecule has 1 aliphatic rings. The maximum atomic E-state index is 12.7. The Morgan fingerprint density at radius 3 is 2.82 bits per heavy atom. The van der Waals surface area contributed by atoms with Crippen LogP contribution in [-0.4, -0.2) is 34.2 Å². The zero-order chi connectivity index (χ0) is 23.3. The molecule has 2 atom stereocenters. The maximum Gasteiger partial charge on any atom is 0.349 e. The standard InChI is InChI=1S/C25H27ClN4O3/c1-5-16-11-15(24-27-19-10-14(2)6-7-21(19)33-24)8-9-30(16)23-17-12-18(26)22(32-4)13-20(17)29(3)25(31)28-23/h6-7,10,12-13,15-16H,5,8-9,11H2,1-4H3. The van der Waals surface area contributed by atoms with Crippen LogP contribution in [-0.2, 0) is 7.05 Å². The fraction of sp³-hybridized carbons (Fsp3) is 0.400. The fourth-order valence-electron chi connectivity index (χ4n) is 4.87. The number of nitrogens with zero attached hydrogens (tertiary/aromatic N) is 4. The topological polar surface area (TPSA) is 73.4 Å². The van der Waals surface area contributed by atoms with Crippen molar-refractivity contribution in [3.05, 3.63) is 57.3 Å². The SMILES string of the molecule is CCC1CC(c2nc3cc(C)ccc3o2)CCN1c1nc(=O)n(C)c2cc(OC)c(Cl)cc12. The van der Waals surface area contributed by atoms with E-state index >= 15 is 0 Å². The molecule has 0 spiro atoms. The van der Waals surface area contributed by atoms with Gasteiger partial charge in [-0.2, -0.15) is 4.98 Å². The number of rotatable bonds is 4. The zero-order valence-electron chi connectivity index (χ0n) is 19.3. The molecular formula is C25H27ClN4O3. The Morgan fingerprint density at radius 2 is 2.06 bits per heavy atom. The van der Waals surface area contributed by atoms with Gasteiger partial charge in [0.05, 0.1) is 17.6 Å². The van der Waals surface area contributed by atoms with Gasteiger partial charge in [0.2, 0.25) is 0 Å². The van der Waals surface area contributed by atoms with E-state index < -0.39 is 0 Å². The van der Waals surface area contributed by atoms with Gasteiger partial charge in [0, 0.05) is 37.0 Å². The highest BCUT2D eigenvalue weighted by Gasteiger charge is 2.33. The van der Waals surface area contributed by atoms with Crippen molar-refractivity contribution in [3.8, 4) is 5.75 Å². The molecule has 2 aromatic heterocycles. The van der Waals surface area contributed by atoms with Crippen molar-refractivity contribution < 1.29 is 9.15 Å². The Hall–Kier alpha value is -3.06. The summed E-state index contributed by atoms with van der Waals surface area (Å²) < 4.78 is 13.0.